The average Bonchev–Trinajstić information content (AvgIpc) is 3.35. The summed E-state index contributed by atoms with van der Waals surface area (Å²) in [6, 6.07) is 11.2. The molecule has 1 aliphatic heterocycles. The monoisotopic (exact) mass is 456 g/mol. The van der Waals surface area contributed by atoms with E-state index in [1.54, 1.807) is 37.1 Å². The van der Waals surface area contributed by atoms with Crippen molar-refractivity contribution in [3.63, 3.8) is 0 Å². The third-order valence-electron chi connectivity index (χ3n) is 5.70. The summed E-state index contributed by atoms with van der Waals surface area (Å²) in [6.45, 7) is 0.679. The number of hydrogen-bond donors (Lipinski definition) is 0. The SMILES string of the molecule is O=C(c1ccc(-c2cncnc2)nc1)N1CCC[C@@H]1c1cncc(Cc2cccc(Cl)c2)n1. The lowest BCUT2D eigenvalue weighted by Gasteiger charge is -2.24. The number of likely N-dealkylation sites (tertiary alicyclic amines) is 1. The van der Waals surface area contributed by atoms with E-state index in [4.69, 9.17) is 16.6 Å². The lowest BCUT2D eigenvalue weighted by molar-refractivity contribution is 0.0732. The number of carbonyl (C=O) groups excluding carboxylic acids is 1. The maximum absolute atomic E-state index is 13.3. The molecule has 0 radical (unpaired) electrons. The summed E-state index contributed by atoms with van der Waals surface area (Å²) in [5.41, 5.74) is 4.82. The summed E-state index contributed by atoms with van der Waals surface area (Å²) < 4.78 is 0. The van der Waals surface area contributed by atoms with E-state index in [1.807, 2.05) is 35.2 Å². The summed E-state index contributed by atoms with van der Waals surface area (Å²) in [7, 11) is 0. The van der Waals surface area contributed by atoms with Crippen molar-refractivity contribution in [3.05, 3.63) is 101 Å². The van der Waals surface area contributed by atoms with Crippen molar-refractivity contribution in [3.8, 4) is 11.3 Å². The van der Waals surface area contributed by atoms with Crippen molar-refractivity contribution in [2.75, 3.05) is 6.54 Å². The van der Waals surface area contributed by atoms with Crippen molar-refractivity contribution in [1.82, 2.24) is 29.8 Å². The van der Waals surface area contributed by atoms with Crippen molar-refractivity contribution in [1.29, 1.82) is 0 Å². The molecule has 0 bridgehead atoms. The van der Waals surface area contributed by atoms with E-state index >= 15 is 0 Å². The van der Waals surface area contributed by atoms with Gasteiger partial charge in [-0.2, -0.15) is 0 Å². The van der Waals surface area contributed by atoms with Gasteiger partial charge < -0.3 is 4.90 Å². The number of aromatic nitrogens is 5. The minimum Gasteiger partial charge on any atom is -0.330 e. The van der Waals surface area contributed by atoms with Crippen LogP contribution in [-0.4, -0.2) is 42.3 Å². The first-order chi connectivity index (χ1) is 16.2. The third-order valence-corrected chi connectivity index (χ3v) is 5.93. The fraction of sp³-hybridized carbons (Fsp3) is 0.200. The predicted molar refractivity (Wildman–Crippen MR) is 125 cm³/mol. The molecule has 0 N–H and O–H groups in total. The number of rotatable bonds is 5. The second-order valence-electron chi connectivity index (χ2n) is 7.96. The number of pyridine rings is 1. The molecule has 1 fully saturated rings. The van der Waals surface area contributed by atoms with Crippen LogP contribution in [0.25, 0.3) is 11.3 Å². The first-order valence-electron chi connectivity index (χ1n) is 10.7. The van der Waals surface area contributed by atoms with Crippen molar-refractivity contribution >= 4 is 17.5 Å². The molecule has 5 rings (SSSR count). The zero-order valence-corrected chi connectivity index (χ0v) is 18.6. The minimum atomic E-state index is -0.105. The molecule has 1 amide bonds. The normalized spacial score (nSPS) is 15.5. The summed E-state index contributed by atoms with van der Waals surface area (Å²) in [6.07, 6.45) is 12.4. The highest BCUT2D eigenvalue weighted by Gasteiger charge is 2.32. The molecule has 0 aliphatic carbocycles. The van der Waals surface area contributed by atoms with Gasteiger partial charge in [0.05, 0.1) is 34.9 Å². The molecule has 3 aromatic heterocycles. The molecule has 4 heterocycles. The summed E-state index contributed by atoms with van der Waals surface area (Å²) >= 11 is 6.11. The number of nitrogens with zero attached hydrogens (tertiary/aromatic N) is 6. The second-order valence-corrected chi connectivity index (χ2v) is 8.39. The number of amides is 1. The van der Waals surface area contributed by atoms with Crippen LogP contribution in [0, 0.1) is 0 Å². The van der Waals surface area contributed by atoms with E-state index in [-0.39, 0.29) is 11.9 Å². The van der Waals surface area contributed by atoms with Crippen LogP contribution >= 0.6 is 11.6 Å². The molecular formula is C25H21ClN6O. The maximum atomic E-state index is 13.3. The zero-order valence-electron chi connectivity index (χ0n) is 17.8. The Balaban J connectivity index is 1.34. The Bertz CT molecular complexity index is 1270. The summed E-state index contributed by atoms with van der Waals surface area (Å²) in [4.78, 5) is 36.9. The third kappa shape index (κ3) is 4.73. The highest BCUT2D eigenvalue weighted by Crippen LogP contribution is 2.32. The largest absolute Gasteiger partial charge is 0.330 e. The minimum absolute atomic E-state index is 0.0529. The molecule has 1 atom stereocenters. The summed E-state index contributed by atoms with van der Waals surface area (Å²) in [5.74, 6) is -0.0529. The second kappa shape index (κ2) is 9.42. The number of halogens is 1. The fourth-order valence-electron chi connectivity index (χ4n) is 4.13. The van der Waals surface area contributed by atoms with Gasteiger partial charge in [-0.1, -0.05) is 23.7 Å². The van der Waals surface area contributed by atoms with Gasteiger partial charge in [0.1, 0.15) is 6.33 Å². The van der Waals surface area contributed by atoms with Crippen LogP contribution in [0.4, 0.5) is 0 Å². The van der Waals surface area contributed by atoms with Gasteiger partial charge in [0, 0.05) is 48.3 Å². The Morgan fingerprint density at radius 2 is 1.91 bits per heavy atom. The van der Waals surface area contributed by atoms with Crippen LogP contribution in [0.5, 0.6) is 0 Å². The lowest BCUT2D eigenvalue weighted by atomic mass is 10.1. The predicted octanol–water partition coefficient (Wildman–Crippen LogP) is 4.55. The fourth-order valence-corrected chi connectivity index (χ4v) is 4.34. The van der Waals surface area contributed by atoms with Crippen LogP contribution in [0.1, 0.15) is 46.2 Å². The van der Waals surface area contributed by atoms with E-state index in [2.05, 4.69) is 19.9 Å². The van der Waals surface area contributed by atoms with Gasteiger partial charge in [-0.3, -0.25) is 19.7 Å². The van der Waals surface area contributed by atoms with Crippen molar-refractivity contribution in [2.45, 2.75) is 25.3 Å². The molecule has 1 saturated heterocycles. The molecule has 7 nitrogen and oxygen atoms in total. The van der Waals surface area contributed by atoms with Gasteiger partial charge in [-0.25, -0.2) is 9.97 Å². The molecule has 4 aromatic rings. The van der Waals surface area contributed by atoms with Gasteiger partial charge in [0.15, 0.2) is 0 Å². The molecule has 1 aliphatic rings. The van der Waals surface area contributed by atoms with Crippen LogP contribution < -0.4 is 0 Å². The van der Waals surface area contributed by atoms with Gasteiger partial charge >= 0.3 is 0 Å². The van der Waals surface area contributed by atoms with Crippen LogP contribution in [-0.2, 0) is 6.42 Å². The Hall–Kier alpha value is -3.71. The van der Waals surface area contributed by atoms with E-state index in [9.17, 15) is 4.79 Å². The Kier molecular flexibility index (Phi) is 6.04. The molecule has 0 saturated carbocycles. The molecule has 1 aromatic carbocycles. The Labute approximate surface area is 196 Å². The van der Waals surface area contributed by atoms with Crippen LogP contribution in [0.3, 0.4) is 0 Å². The van der Waals surface area contributed by atoms with E-state index in [1.165, 1.54) is 6.33 Å². The first kappa shape index (κ1) is 21.2. The van der Waals surface area contributed by atoms with Crippen molar-refractivity contribution < 1.29 is 4.79 Å². The van der Waals surface area contributed by atoms with Crippen LogP contribution in [0.2, 0.25) is 5.02 Å². The van der Waals surface area contributed by atoms with Gasteiger partial charge in [-0.05, 0) is 42.7 Å². The molecule has 8 heteroatoms. The first-order valence-corrected chi connectivity index (χ1v) is 11.1. The molecule has 164 valence electrons. The quantitative estimate of drug-likeness (QED) is 0.438. The van der Waals surface area contributed by atoms with E-state index < -0.39 is 0 Å². The zero-order chi connectivity index (χ0) is 22.6. The lowest BCUT2D eigenvalue weighted by Crippen LogP contribution is -2.31. The smallest absolute Gasteiger partial charge is 0.255 e. The van der Waals surface area contributed by atoms with Crippen molar-refractivity contribution in [2.24, 2.45) is 0 Å². The summed E-state index contributed by atoms with van der Waals surface area (Å²) in [5, 5.41) is 0.698. The molecular weight excluding hydrogens is 436 g/mol. The van der Waals surface area contributed by atoms with E-state index in [0.717, 1.165) is 41.1 Å². The van der Waals surface area contributed by atoms with Gasteiger partial charge in [-0.15, -0.1) is 0 Å². The Morgan fingerprint density at radius 1 is 1.03 bits per heavy atom. The van der Waals surface area contributed by atoms with Crippen LogP contribution in [0.15, 0.2) is 73.7 Å². The highest BCUT2D eigenvalue weighted by molar-refractivity contribution is 6.30. The maximum Gasteiger partial charge on any atom is 0.255 e. The number of hydrogen-bond acceptors (Lipinski definition) is 6. The molecule has 0 unspecified atom stereocenters. The topological polar surface area (TPSA) is 84.8 Å². The highest BCUT2D eigenvalue weighted by atomic mass is 35.5. The molecule has 0 spiro atoms. The van der Waals surface area contributed by atoms with E-state index in [0.29, 0.717) is 23.6 Å². The molecule has 33 heavy (non-hydrogen) atoms. The van der Waals surface area contributed by atoms with Gasteiger partial charge in [0.2, 0.25) is 0 Å². The number of carbonyl (C=O) groups is 1. The number of benzene rings is 1. The average molecular weight is 457 g/mol. The standard InChI is InChI=1S/C25H21ClN6O/c26-20-4-1-3-17(9-20)10-21-14-27-15-23(31-21)24-5-2-8-32(24)25(33)18-6-7-22(30-13-18)19-11-28-16-29-12-19/h1,3-4,6-7,9,11-16,24H,2,5,8,10H2/t24-/m1/s1. The van der Waals surface area contributed by atoms with Gasteiger partial charge in [0.25, 0.3) is 5.91 Å². The Morgan fingerprint density at radius 3 is 2.70 bits per heavy atom.